The number of carbonyl (C=O) groups excluding carboxylic acids is 1. The lowest BCUT2D eigenvalue weighted by Gasteiger charge is -2.06. The third-order valence-electron chi connectivity index (χ3n) is 1.11. The fourth-order valence-corrected chi connectivity index (χ4v) is 0.466. The van der Waals surface area contributed by atoms with Gasteiger partial charge in [-0.2, -0.15) is 0 Å². The van der Waals surface area contributed by atoms with E-state index in [0.29, 0.717) is 13.0 Å². The zero-order chi connectivity index (χ0) is 7.98. The summed E-state index contributed by atoms with van der Waals surface area (Å²) < 4.78 is 4.65. The van der Waals surface area contributed by atoms with Gasteiger partial charge in [-0.1, -0.05) is 13.8 Å². The Morgan fingerprint density at radius 1 is 1.60 bits per heavy atom. The molecule has 0 amide bonds. The monoisotopic (exact) mass is 146 g/mol. The van der Waals surface area contributed by atoms with Gasteiger partial charge < -0.3 is 9.84 Å². The van der Waals surface area contributed by atoms with Crippen LogP contribution >= 0.6 is 0 Å². The summed E-state index contributed by atoms with van der Waals surface area (Å²) in [5, 5.41) is 8.88. The number of hydrogen-bond donors (Lipinski definition) is 1. The highest BCUT2D eigenvalue weighted by molar-refractivity contribution is 5.74. The highest BCUT2D eigenvalue weighted by Gasteiger charge is 2.12. The van der Waals surface area contributed by atoms with Crippen LogP contribution in [0.25, 0.3) is 0 Å². The summed E-state index contributed by atoms with van der Waals surface area (Å²) in [6.45, 7) is 4.04. The van der Waals surface area contributed by atoms with Gasteiger partial charge in [-0.25, -0.2) is 4.79 Å². The summed E-state index contributed by atoms with van der Waals surface area (Å²) in [5.74, 6) is -0.510. The molecule has 1 unspecified atom stereocenters. The molecule has 0 radical (unpaired) electrons. The fraction of sp³-hybridized carbons (Fsp3) is 0.857. The van der Waals surface area contributed by atoms with E-state index in [9.17, 15) is 4.79 Å². The van der Waals surface area contributed by atoms with E-state index >= 15 is 0 Å². The minimum atomic E-state index is -0.938. The molecule has 0 aliphatic rings. The second-order valence-corrected chi connectivity index (χ2v) is 2.09. The first kappa shape index (κ1) is 9.43. The van der Waals surface area contributed by atoms with Crippen LogP contribution < -0.4 is 0 Å². The van der Waals surface area contributed by atoms with Gasteiger partial charge in [-0.3, -0.25) is 0 Å². The first-order valence-electron chi connectivity index (χ1n) is 3.57. The van der Waals surface area contributed by atoms with E-state index in [1.807, 2.05) is 6.92 Å². The van der Waals surface area contributed by atoms with Crippen molar-refractivity contribution in [3.8, 4) is 0 Å². The molecule has 3 nitrogen and oxygen atoms in total. The summed E-state index contributed by atoms with van der Waals surface area (Å²) in [6, 6.07) is 0. The van der Waals surface area contributed by atoms with Crippen LogP contribution in [0.4, 0.5) is 0 Å². The molecule has 0 fully saturated rings. The minimum Gasteiger partial charge on any atom is -0.464 e. The zero-order valence-corrected chi connectivity index (χ0v) is 6.46. The first-order chi connectivity index (χ1) is 4.72. The van der Waals surface area contributed by atoms with Crippen molar-refractivity contribution < 1.29 is 14.6 Å². The Morgan fingerprint density at radius 3 is 2.60 bits per heavy atom. The quantitative estimate of drug-likeness (QED) is 0.594. The van der Waals surface area contributed by atoms with Gasteiger partial charge in [-0.05, 0) is 12.8 Å². The highest BCUT2D eigenvalue weighted by atomic mass is 16.5. The van der Waals surface area contributed by atoms with Gasteiger partial charge in [0.2, 0.25) is 0 Å². The van der Waals surface area contributed by atoms with Crippen molar-refractivity contribution in [1.29, 1.82) is 0 Å². The molecular formula is C7H14O3. The standard InChI is InChI=1S/C7H14O3/c1-3-5-10-7(9)6(8)4-2/h6,8H,3-5H2,1-2H3. The molecule has 0 aliphatic carbocycles. The third kappa shape index (κ3) is 3.45. The van der Waals surface area contributed by atoms with Gasteiger partial charge >= 0.3 is 5.97 Å². The van der Waals surface area contributed by atoms with Gasteiger partial charge in [0.05, 0.1) is 6.61 Å². The fourth-order valence-electron chi connectivity index (χ4n) is 0.466. The van der Waals surface area contributed by atoms with E-state index in [2.05, 4.69) is 4.74 Å². The number of aliphatic hydroxyl groups excluding tert-OH is 1. The molecule has 60 valence electrons. The summed E-state index contributed by atoms with van der Waals surface area (Å²) in [6.07, 6.45) is 0.275. The molecule has 0 heterocycles. The molecule has 1 atom stereocenters. The molecule has 3 heteroatoms. The number of hydrogen-bond acceptors (Lipinski definition) is 3. The third-order valence-corrected chi connectivity index (χ3v) is 1.11. The number of rotatable bonds is 4. The Bertz CT molecular complexity index is 101. The Hall–Kier alpha value is -0.570. The molecule has 10 heavy (non-hydrogen) atoms. The topological polar surface area (TPSA) is 46.5 Å². The maximum atomic E-state index is 10.7. The highest BCUT2D eigenvalue weighted by Crippen LogP contribution is 1.93. The number of aliphatic hydroxyl groups is 1. The summed E-state index contributed by atoms with van der Waals surface area (Å²) in [4.78, 5) is 10.7. The van der Waals surface area contributed by atoms with Gasteiger partial charge in [-0.15, -0.1) is 0 Å². The van der Waals surface area contributed by atoms with Crippen LogP contribution in [-0.2, 0) is 9.53 Å². The van der Waals surface area contributed by atoms with Gasteiger partial charge in [0.25, 0.3) is 0 Å². The lowest BCUT2D eigenvalue weighted by Crippen LogP contribution is -2.22. The van der Waals surface area contributed by atoms with Crippen LogP contribution in [0.2, 0.25) is 0 Å². The van der Waals surface area contributed by atoms with Crippen molar-refractivity contribution in [2.75, 3.05) is 6.61 Å². The van der Waals surface area contributed by atoms with E-state index in [1.165, 1.54) is 0 Å². The van der Waals surface area contributed by atoms with Gasteiger partial charge in [0, 0.05) is 0 Å². The van der Waals surface area contributed by atoms with E-state index in [4.69, 9.17) is 5.11 Å². The van der Waals surface area contributed by atoms with Crippen molar-refractivity contribution in [3.63, 3.8) is 0 Å². The number of esters is 1. The maximum absolute atomic E-state index is 10.7. The Labute approximate surface area is 61.0 Å². The van der Waals surface area contributed by atoms with Crippen LogP contribution in [0.3, 0.4) is 0 Å². The first-order valence-corrected chi connectivity index (χ1v) is 3.57. The molecule has 0 aromatic carbocycles. The lowest BCUT2D eigenvalue weighted by atomic mass is 10.3. The number of carbonyl (C=O) groups is 1. The van der Waals surface area contributed by atoms with Crippen LogP contribution in [0.1, 0.15) is 26.7 Å². The lowest BCUT2D eigenvalue weighted by molar-refractivity contribution is -0.153. The normalized spacial score (nSPS) is 12.7. The molecule has 0 saturated carbocycles. The average molecular weight is 146 g/mol. The zero-order valence-electron chi connectivity index (χ0n) is 6.46. The molecular weight excluding hydrogens is 132 g/mol. The maximum Gasteiger partial charge on any atom is 0.334 e. The van der Waals surface area contributed by atoms with Crippen molar-refractivity contribution in [2.45, 2.75) is 32.8 Å². The molecule has 0 saturated heterocycles. The molecule has 0 spiro atoms. The summed E-state index contributed by atoms with van der Waals surface area (Å²) in [7, 11) is 0. The van der Waals surface area contributed by atoms with Crippen molar-refractivity contribution in [2.24, 2.45) is 0 Å². The molecule has 0 bridgehead atoms. The van der Waals surface area contributed by atoms with Crippen molar-refractivity contribution in [3.05, 3.63) is 0 Å². The smallest absolute Gasteiger partial charge is 0.334 e. The second kappa shape index (κ2) is 5.23. The number of ether oxygens (including phenoxy) is 1. The van der Waals surface area contributed by atoms with Gasteiger partial charge in [0.1, 0.15) is 0 Å². The molecule has 0 aliphatic heterocycles. The van der Waals surface area contributed by atoms with Crippen LogP contribution in [0, 0.1) is 0 Å². The molecule has 0 aromatic rings. The van der Waals surface area contributed by atoms with Gasteiger partial charge in [0.15, 0.2) is 6.10 Å². The summed E-state index contributed by atoms with van der Waals surface area (Å²) >= 11 is 0. The van der Waals surface area contributed by atoms with Crippen LogP contribution in [0.5, 0.6) is 0 Å². The van der Waals surface area contributed by atoms with Crippen LogP contribution in [0.15, 0.2) is 0 Å². The Balaban J connectivity index is 3.42. The molecule has 0 rings (SSSR count). The molecule has 1 N–H and O–H groups in total. The Kier molecular flexibility index (Phi) is 4.94. The van der Waals surface area contributed by atoms with E-state index in [1.54, 1.807) is 6.92 Å². The van der Waals surface area contributed by atoms with E-state index < -0.39 is 12.1 Å². The van der Waals surface area contributed by atoms with Crippen molar-refractivity contribution in [1.82, 2.24) is 0 Å². The van der Waals surface area contributed by atoms with E-state index in [0.717, 1.165) is 6.42 Å². The SMILES string of the molecule is CCCOC(=O)C(O)CC. The van der Waals surface area contributed by atoms with Crippen molar-refractivity contribution >= 4 is 5.97 Å². The average Bonchev–Trinajstić information content (AvgIpc) is 1.98. The predicted octanol–water partition coefficient (Wildman–Crippen LogP) is 0.711. The largest absolute Gasteiger partial charge is 0.464 e. The van der Waals surface area contributed by atoms with Crippen LogP contribution in [-0.4, -0.2) is 23.8 Å². The predicted molar refractivity (Wildman–Crippen MR) is 37.5 cm³/mol. The second-order valence-electron chi connectivity index (χ2n) is 2.09. The van der Waals surface area contributed by atoms with E-state index in [-0.39, 0.29) is 0 Å². The Morgan fingerprint density at radius 2 is 2.20 bits per heavy atom. The molecule has 0 aromatic heterocycles. The minimum absolute atomic E-state index is 0.399. The summed E-state index contributed by atoms with van der Waals surface area (Å²) in [5.41, 5.74) is 0.